The summed E-state index contributed by atoms with van der Waals surface area (Å²) in [5.74, 6) is -0.186. The lowest BCUT2D eigenvalue weighted by molar-refractivity contribution is 0.0984. The normalized spacial score (nSPS) is 11.5. The van der Waals surface area contributed by atoms with Crippen LogP contribution >= 0.6 is 39.7 Å². The smallest absolute Gasteiger partial charge is 0.261 e. The molecular formula is C19H21BrClN3O3S2. The maximum Gasteiger partial charge on any atom is 0.261 e. The minimum atomic E-state index is -3.42. The fourth-order valence-corrected chi connectivity index (χ4v) is 5.06. The topological polar surface area (TPSA) is 70.6 Å². The minimum absolute atomic E-state index is 0. The Morgan fingerprint density at radius 1 is 1.10 bits per heavy atom. The molecule has 2 aromatic carbocycles. The first kappa shape index (κ1) is 23.8. The monoisotopic (exact) mass is 517 g/mol. The van der Waals surface area contributed by atoms with Crippen molar-refractivity contribution in [3.8, 4) is 0 Å². The number of fused-ring (bicyclic) bond motifs is 1. The van der Waals surface area contributed by atoms with Crippen LogP contribution in [-0.4, -0.2) is 57.6 Å². The lowest BCUT2D eigenvalue weighted by Crippen LogP contribution is -2.36. The number of hydrogen-bond acceptors (Lipinski definition) is 6. The second-order valence-corrected chi connectivity index (χ2v) is 10.5. The number of halogens is 2. The molecule has 0 N–H and O–H groups in total. The molecule has 0 radical (unpaired) electrons. The van der Waals surface area contributed by atoms with Crippen molar-refractivity contribution in [3.05, 3.63) is 52.5 Å². The molecule has 0 atom stereocenters. The van der Waals surface area contributed by atoms with Crippen LogP contribution < -0.4 is 4.90 Å². The molecule has 10 heteroatoms. The third kappa shape index (κ3) is 5.35. The van der Waals surface area contributed by atoms with Crippen molar-refractivity contribution in [2.75, 3.05) is 38.3 Å². The van der Waals surface area contributed by atoms with Crippen molar-refractivity contribution in [2.24, 2.45) is 0 Å². The number of anilines is 1. The summed E-state index contributed by atoms with van der Waals surface area (Å²) in [4.78, 5) is 21.6. The Labute approximate surface area is 189 Å². The van der Waals surface area contributed by atoms with Crippen molar-refractivity contribution in [1.29, 1.82) is 0 Å². The van der Waals surface area contributed by atoms with Gasteiger partial charge < -0.3 is 4.90 Å². The lowest BCUT2D eigenvalue weighted by atomic mass is 10.2. The zero-order chi connectivity index (χ0) is 20.5. The molecule has 0 fully saturated rings. The first-order valence-electron chi connectivity index (χ1n) is 8.49. The van der Waals surface area contributed by atoms with Crippen molar-refractivity contribution >= 4 is 70.8 Å². The number of rotatable bonds is 6. The number of hydrogen-bond donors (Lipinski definition) is 0. The van der Waals surface area contributed by atoms with Crippen LogP contribution in [0.1, 0.15) is 10.4 Å². The van der Waals surface area contributed by atoms with Crippen LogP contribution in [0.2, 0.25) is 0 Å². The van der Waals surface area contributed by atoms with E-state index >= 15 is 0 Å². The predicted molar refractivity (Wildman–Crippen MR) is 124 cm³/mol. The molecule has 0 bridgehead atoms. The van der Waals surface area contributed by atoms with Gasteiger partial charge in [0.25, 0.3) is 5.91 Å². The van der Waals surface area contributed by atoms with Gasteiger partial charge in [0.05, 0.1) is 15.2 Å². The third-order valence-electron chi connectivity index (χ3n) is 4.12. The molecule has 0 aliphatic carbocycles. The van der Waals surface area contributed by atoms with Crippen molar-refractivity contribution in [2.45, 2.75) is 4.90 Å². The number of likely N-dealkylation sites (N-methyl/N-ethyl adjacent to an activating group) is 1. The molecule has 1 heterocycles. The molecule has 6 nitrogen and oxygen atoms in total. The van der Waals surface area contributed by atoms with Crippen LogP contribution in [0.25, 0.3) is 10.2 Å². The van der Waals surface area contributed by atoms with E-state index in [4.69, 9.17) is 0 Å². The van der Waals surface area contributed by atoms with Gasteiger partial charge in [-0.15, -0.1) is 12.4 Å². The summed E-state index contributed by atoms with van der Waals surface area (Å²) >= 11 is 4.75. The number of nitrogens with zero attached hydrogens (tertiary/aromatic N) is 3. The average molecular weight is 519 g/mol. The number of benzene rings is 2. The first-order chi connectivity index (χ1) is 13.2. The summed E-state index contributed by atoms with van der Waals surface area (Å²) in [5.41, 5.74) is 0.934. The van der Waals surface area contributed by atoms with Crippen molar-refractivity contribution in [1.82, 2.24) is 9.88 Å². The number of thiazole rings is 1. The first-order valence-corrected chi connectivity index (χ1v) is 12.0. The van der Waals surface area contributed by atoms with E-state index in [1.54, 1.807) is 23.1 Å². The summed E-state index contributed by atoms with van der Waals surface area (Å²) < 4.78 is 25.7. The molecule has 1 aromatic heterocycles. The Balaban J connectivity index is 0.00000300. The molecule has 0 unspecified atom stereocenters. The van der Waals surface area contributed by atoms with Crippen LogP contribution in [0.4, 0.5) is 5.13 Å². The highest BCUT2D eigenvalue weighted by Gasteiger charge is 2.24. The Kier molecular flexibility index (Phi) is 7.80. The molecule has 0 saturated carbocycles. The summed E-state index contributed by atoms with van der Waals surface area (Å²) in [5, 5.41) is 0.480. The molecule has 3 rings (SSSR count). The van der Waals surface area contributed by atoms with E-state index in [1.807, 2.05) is 43.3 Å². The summed E-state index contributed by atoms with van der Waals surface area (Å²) in [7, 11) is 0.442. The number of para-hydroxylation sites is 1. The number of amides is 1. The highest BCUT2D eigenvalue weighted by molar-refractivity contribution is 9.10. The largest absolute Gasteiger partial charge is 0.308 e. The highest BCUT2D eigenvalue weighted by Crippen LogP contribution is 2.33. The number of aromatic nitrogens is 1. The van der Waals surface area contributed by atoms with Gasteiger partial charge in [-0.25, -0.2) is 13.4 Å². The predicted octanol–water partition coefficient (Wildman–Crippen LogP) is 4.09. The Morgan fingerprint density at radius 2 is 1.79 bits per heavy atom. The molecule has 156 valence electrons. The molecule has 0 spiro atoms. The van der Waals surface area contributed by atoms with Gasteiger partial charge in [-0.1, -0.05) is 29.5 Å². The van der Waals surface area contributed by atoms with Crippen LogP contribution in [0.15, 0.2) is 51.8 Å². The fraction of sp³-hybridized carbons (Fsp3) is 0.263. The molecule has 29 heavy (non-hydrogen) atoms. The number of sulfone groups is 1. The van der Waals surface area contributed by atoms with E-state index in [1.165, 1.54) is 11.3 Å². The van der Waals surface area contributed by atoms with Gasteiger partial charge in [0.15, 0.2) is 15.0 Å². The zero-order valence-electron chi connectivity index (χ0n) is 16.1. The number of carbonyl (C=O) groups is 1. The van der Waals surface area contributed by atoms with Gasteiger partial charge in [0, 0.05) is 23.8 Å². The summed E-state index contributed by atoms with van der Waals surface area (Å²) in [6.45, 7) is 1.08. The molecule has 0 saturated heterocycles. The van der Waals surface area contributed by atoms with E-state index in [0.29, 0.717) is 33.8 Å². The van der Waals surface area contributed by atoms with Gasteiger partial charge in [-0.3, -0.25) is 9.69 Å². The van der Waals surface area contributed by atoms with Gasteiger partial charge >= 0.3 is 0 Å². The Bertz CT molecular complexity index is 1130. The Hall–Kier alpha value is -1.52. The standard InChI is InChI=1S/C19H20BrN3O3S2.ClH/c1-22(2)11-12-23(18(24)13-7-4-5-8-14(13)20)19-21-17-15(27-19)9-6-10-16(17)28(3,25)26;/h4-10H,11-12H2,1-3H3;1H. The van der Waals surface area contributed by atoms with Gasteiger partial charge in [-0.2, -0.15) is 0 Å². The van der Waals surface area contributed by atoms with Crippen molar-refractivity contribution < 1.29 is 13.2 Å². The van der Waals surface area contributed by atoms with Crippen molar-refractivity contribution in [3.63, 3.8) is 0 Å². The lowest BCUT2D eigenvalue weighted by Gasteiger charge is -2.22. The van der Waals surface area contributed by atoms with Crippen LogP contribution in [-0.2, 0) is 9.84 Å². The van der Waals surface area contributed by atoms with E-state index in [0.717, 1.165) is 11.0 Å². The molecule has 3 aromatic rings. The van der Waals surface area contributed by atoms with Crippen LogP contribution in [0, 0.1) is 0 Å². The van der Waals surface area contributed by atoms with Gasteiger partial charge in [-0.05, 0) is 54.3 Å². The quantitative estimate of drug-likeness (QED) is 0.491. The van der Waals surface area contributed by atoms with Crippen LogP contribution in [0.5, 0.6) is 0 Å². The molecule has 0 aliphatic rings. The van der Waals surface area contributed by atoms with E-state index in [-0.39, 0.29) is 23.2 Å². The Morgan fingerprint density at radius 3 is 2.41 bits per heavy atom. The van der Waals surface area contributed by atoms with Gasteiger partial charge in [0.1, 0.15) is 5.52 Å². The molecule has 1 amide bonds. The third-order valence-corrected chi connectivity index (χ3v) is 6.98. The minimum Gasteiger partial charge on any atom is -0.308 e. The second-order valence-electron chi connectivity index (χ2n) is 6.61. The number of carbonyl (C=O) groups excluding carboxylic acids is 1. The second kappa shape index (κ2) is 9.53. The summed E-state index contributed by atoms with van der Waals surface area (Å²) in [6, 6.07) is 12.3. The summed E-state index contributed by atoms with van der Waals surface area (Å²) in [6.07, 6.45) is 1.16. The maximum absolute atomic E-state index is 13.3. The van der Waals surface area contributed by atoms with Gasteiger partial charge in [0.2, 0.25) is 0 Å². The van der Waals surface area contributed by atoms with E-state index < -0.39 is 9.84 Å². The fourth-order valence-electron chi connectivity index (χ4n) is 2.69. The maximum atomic E-state index is 13.3. The highest BCUT2D eigenvalue weighted by atomic mass is 79.9. The molecular weight excluding hydrogens is 498 g/mol. The van der Waals surface area contributed by atoms with Crippen LogP contribution in [0.3, 0.4) is 0 Å². The zero-order valence-corrected chi connectivity index (χ0v) is 20.2. The SMILES string of the molecule is CN(C)CCN(C(=O)c1ccccc1Br)c1nc2c(S(C)(=O)=O)cccc2s1.Cl. The molecule has 0 aliphatic heterocycles. The van der Waals surface area contributed by atoms with E-state index in [9.17, 15) is 13.2 Å². The average Bonchev–Trinajstić information content (AvgIpc) is 3.04. The van der Waals surface area contributed by atoms with E-state index in [2.05, 4.69) is 20.9 Å².